The van der Waals surface area contributed by atoms with E-state index in [4.69, 9.17) is 10.9 Å². The Bertz CT molecular complexity index is 924. The summed E-state index contributed by atoms with van der Waals surface area (Å²) in [7, 11) is -2.66. The summed E-state index contributed by atoms with van der Waals surface area (Å²) in [4.78, 5) is 0.342. The minimum Gasteiger partial charge on any atom is -0.411 e. The Morgan fingerprint density at radius 3 is 2.44 bits per heavy atom. The Morgan fingerprint density at radius 2 is 1.93 bits per heavy atom. The predicted molar refractivity (Wildman–Crippen MR) is 103 cm³/mol. The molecule has 2 rings (SSSR count). The quantitative estimate of drug-likeness (QED) is 0.365. The summed E-state index contributed by atoms with van der Waals surface area (Å²) in [6, 6.07) is 6.54. The van der Waals surface area contributed by atoms with Crippen LogP contribution in [0.25, 0.3) is 0 Å². The SMILES string of the molecule is CC(C)C(=NO)c1cc(S(=O)(=O)N(C)CC(O)c2ccc(F)cc2)c(N)s1. The minimum absolute atomic E-state index is 0.0647. The lowest BCUT2D eigenvalue weighted by Crippen LogP contribution is -2.31. The van der Waals surface area contributed by atoms with Gasteiger partial charge >= 0.3 is 0 Å². The van der Waals surface area contributed by atoms with E-state index in [0.717, 1.165) is 15.6 Å². The fourth-order valence-electron chi connectivity index (χ4n) is 2.47. The van der Waals surface area contributed by atoms with Crippen LogP contribution in [0.1, 0.15) is 30.4 Å². The molecular weight excluding hydrogens is 393 g/mol. The second-order valence-corrected chi connectivity index (χ2v) is 9.43. The number of nitrogens with two attached hydrogens (primary N) is 1. The summed E-state index contributed by atoms with van der Waals surface area (Å²) < 4.78 is 39.7. The molecule has 7 nitrogen and oxygen atoms in total. The number of benzene rings is 1. The molecule has 10 heteroatoms. The van der Waals surface area contributed by atoms with Crippen LogP contribution in [0.4, 0.5) is 9.39 Å². The first-order valence-corrected chi connectivity index (χ1v) is 10.3. The van der Waals surface area contributed by atoms with Gasteiger partial charge in [-0.3, -0.25) is 0 Å². The zero-order valence-electron chi connectivity index (χ0n) is 15.1. The average Bonchev–Trinajstić information content (AvgIpc) is 2.97. The zero-order chi connectivity index (χ0) is 20.4. The third-order valence-electron chi connectivity index (χ3n) is 4.01. The van der Waals surface area contributed by atoms with Crippen molar-refractivity contribution in [2.75, 3.05) is 19.3 Å². The van der Waals surface area contributed by atoms with Crippen LogP contribution in [0.3, 0.4) is 0 Å². The maximum absolute atomic E-state index is 13.0. The summed E-state index contributed by atoms with van der Waals surface area (Å²) in [5.74, 6) is -0.571. The Hall–Kier alpha value is -2.01. The second kappa shape index (κ2) is 8.34. The fraction of sp³-hybridized carbons (Fsp3) is 0.353. The third kappa shape index (κ3) is 4.64. The van der Waals surface area contributed by atoms with Crippen molar-refractivity contribution in [3.63, 3.8) is 0 Å². The smallest absolute Gasteiger partial charge is 0.245 e. The van der Waals surface area contributed by atoms with Crippen LogP contribution in [0.2, 0.25) is 0 Å². The van der Waals surface area contributed by atoms with E-state index >= 15 is 0 Å². The first-order valence-electron chi connectivity index (χ1n) is 8.09. The summed E-state index contributed by atoms with van der Waals surface area (Å²) in [5, 5.41) is 22.7. The summed E-state index contributed by atoms with van der Waals surface area (Å²) in [6.45, 7) is 3.39. The number of aliphatic hydroxyl groups is 1. The number of thiophene rings is 1. The third-order valence-corrected chi connectivity index (χ3v) is 6.98. The molecular formula is C17H22FN3O4S2. The first kappa shape index (κ1) is 21.3. The Morgan fingerprint density at radius 1 is 1.33 bits per heavy atom. The average molecular weight is 416 g/mol. The van der Waals surface area contributed by atoms with Gasteiger partial charge in [-0.15, -0.1) is 11.3 Å². The monoisotopic (exact) mass is 415 g/mol. The van der Waals surface area contributed by atoms with Gasteiger partial charge in [0.25, 0.3) is 0 Å². The first-order chi connectivity index (χ1) is 12.6. The Kier molecular flexibility index (Phi) is 6.58. The Balaban J connectivity index is 2.27. The molecule has 0 aliphatic rings. The van der Waals surface area contributed by atoms with Gasteiger partial charge in [-0.1, -0.05) is 31.1 Å². The molecule has 148 valence electrons. The lowest BCUT2D eigenvalue weighted by molar-refractivity contribution is 0.155. The van der Waals surface area contributed by atoms with Gasteiger partial charge < -0.3 is 16.0 Å². The maximum atomic E-state index is 13.0. The van der Waals surface area contributed by atoms with Gasteiger partial charge in [-0.05, 0) is 23.8 Å². The fourth-order valence-corrected chi connectivity index (χ4v) is 5.13. The number of aliphatic hydroxyl groups excluding tert-OH is 1. The van der Waals surface area contributed by atoms with Crippen LogP contribution in [0, 0.1) is 11.7 Å². The molecule has 1 unspecified atom stereocenters. The molecule has 27 heavy (non-hydrogen) atoms. The van der Waals surface area contributed by atoms with Gasteiger partial charge in [-0.25, -0.2) is 12.8 Å². The molecule has 1 atom stereocenters. The van der Waals surface area contributed by atoms with Crippen molar-refractivity contribution >= 4 is 32.1 Å². The number of sulfonamides is 1. The van der Waals surface area contributed by atoms with Crippen molar-refractivity contribution in [2.24, 2.45) is 11.1 Å². The van der Waals surface area contributed by atoms with E-state index in [1.165, 1.54) is 37.4 Å². The van der Waals surface area contributed by atoms with Crippen LogP contribution in [0.15, 0.2) is 40.4 Å². The van der Waals surface area contributed by atoms with Crippen molar-refractivity contribution in [3.8, 4) is 0 Å². The predicted octanol–water partition coefficient (Wildman–Crippen LogP) is 2.66. The summed E-state index contributed by atoms with van der Waals surface area (Å²) in [5.41, 5.74) is 6.62. The number of hydrogen-bond acceptors (Lipinski definition) is 7. The molecule has 0 aliphatic carbocycles. The molecule has 1 heterocycles. The standard InChI is InChI=1S/C17H22FN3O4S2/c1-10(2)16(20-23)14-8-15(17(19)26-14)27(24,25)21(3)9-13(22)11-4-6-12(18)7-5-11/h4-8,10,13,22-23H,9,19H2,1-3H3. The van der Waals surface area contributed by atoms with E-state index in [1.54, 1.807) is 0 Å². The largest absolute Gasteiger partial charge is 0.411 e. The number of hydrogen-bond donors (Lipinski definition) is 3. The lowest BCUT2D eigenvalue weighted by atomic mass is 10.1. The summed E-state index contributed by atoms with van der Waals surface area (Å²) in [6.07, 6.45) is -1.13. The number of rotatable bonds is 7. The molecule has 0 spiro atoms. The highest BCUT2D eigenvalue weighted by Crippen LogP contribution is 2.33. The highest BCUT2D eigenvalue weighted by atomic mass is 32.2. The number of likely N-dealkylation sites (N-methyl/N-ethyl adjacent to an activating group) is 1. The molecule has 4 N–H and O–H groups in total. The highest BCUT2D eigenvalue weighted by Gasteiger charge is 2.29. The second-order valence-electron chi connectivity index (χ2n) is 6.33. The van der Waals surface area contributed by atoms with E-state index in [9.17, 15) is 17.9 Å². The summed E-state index contributed by atoms with van der Waals surface area (Å²) >= 11 is 1.01. The van der Waals surface area contributed by atoms with Gasteiger partial charge in [0, 0.05) is 19.5 Å². The van der Waals surface area contributed by atoms with Crippen LogP contribution < -0.4 is 5.73 Å². The van der Waals surface area contributed by atoms with Crippen molar-refractivity contribution in [3.05, 3.63) is 46.6 Å². The minimum atomic E-state index is -3.98. The van der Waals surface area contributed by atoms with Gasteiger partial charge in [0.1, 0.15) is 15.7 Å². The van der Waals surface area contributed by atoms with Crippen LogP contribution in [0.5, 0.6) is 0 Å². The maximum Gasteiger partial charge on any atom is 0.245 e. The molecule has 2 aromatic rings. The number of halogens is 1. The molecule has 0 saturated carbocycles. The van der Waals surface area contributed by atoms with E-state index in [1.807, 2.05) is 13.8 Å². The van der Waals surface area contributed by atoms with E-state index in [2.05, 4.69) is 5.16 Å². The van der Waals surface area contributed by atoms with Crippen LogP contribution in [-0.2, 0) is 10.0 Å². The molecule has 1 aromatic carbocycles. The topological polar surface area (TPSA) is 116 Å². The van der Waals surface area contributed by atoms with Gasteiger partial charge in [0.05, 0.1) is 16.7 Å². The number of anilines is 1. The normalized spacial score (nSPS) is 14.1. The Labute approximate surface area is 161 Å². The van der Waals surface area contributed by atoms with Gasteiger partial charge in [0.2, 0.25) is 10.0 Å². The van der Waals surface area contributed by atoms with E-state index < -0.39 is 21.9 Å². The molecule has 0 amide bonds. The molecule has 0 fully saturated rings. The van der Waals surface area contributed by atoms with E-state index in [-0.39, 0.29) is 22.4 Å². The van der Waals surface area contributed by atoms with Crippen LogP contribution in [-0.4, -0.2) is 42.3 Å². The molecule has 1 aromatic heterocycles. The number of oxime groups is 1. The highest BCUT2D eigenvalue weighted by molar-refractivity contribution is 7.89. The van der Waals surface area contributed by atoms with Crippen molar-refractivity contribution in [1.82, 2.24) is 4.31 Å². The van der Waals surface area contributed by atoms with Gasteiger partial charge in [0.15, 0.2) is 0 Å². The number of nitrogen functional groups attached to an aromatic ring is 1. The van der Waals surface area contributed by atoms with Gasteiger partial charge in [-0.2, -0.15) is 4.31 Å². The van der Waals surface area contributed by atoms with Crippen LogP contribution >= 0.6 is 11.3 Å². The molecule has 0 aliphatic heterocycles. The van der Waals surface area contributed by atoms with Crippen molar-refractivity contribution in [1.29, 1.82) is 0 Å². The number of nitrogens with zero attached hydrogens (tertiary/aromatic N) is 2. The lowest BCUT2D eigenvalue weighted by Gasteiger charge is -2.20. The van der Waals surface area contributed by atoms with Crippen molar-refractivity contribution in [2.45, 2.75) is 24.8 Å². The van der Waals surface area contributed by atoms with E-state index in [0.29, 0.717) is 16.2 Å². The van der Waals surface area contributed by atoms with Crippen molar-refractivity contribution < 1.29 is 23.1 Å². The molecule has 0 saturated heterocycles. The molecule has 0 radical (unpaired) electrons. The zero-order valence-corrected chi connectivity index (χ0v) is 16.8. The molecule has 0 bridgehead atoms.